The number of rotatable bonds is 1. The Morgan fingerprint density at radius 1 is 1.21 bits per heavy atom. The van der Waals surface area contributed by atoms with Crippen LogP contribution in [0.4, 0.5) is 0 Å². The molecule has 4 rings (SSSR count). The number of hydrogen-bond donors (Lipinski definition) is 1. The average molecular weight is 328 g/mol. The largest absolute Gasteiger partial charge is 0.335 e. The monoisotopic (exact) mass is 328 g/mol. The molecule has 2 fully saturated rings. The lowest BCUT2D eigenvalue weighted by Crippen LogP contribution is -2.66. The van der Waals surface area contributed by atoms with Gasteiger partial charge in [0.05, 0.1) is 13.1 Å². The molecule has 1 N–H and O–H groups in total. The number of likely N-dealkylation sites (N-methyl/N-ethyl adjacent to an activating group) is 1. The van der Waals surface area contributed by atoms with Gasteiger partial charge in [0, 0.05) is 25.7 Å². The van der Waals surface area contributed by atoms with E-state index >= 15 is 0 Å². The van der Waals surface area contributed by atoms with E-state index in [2.05, 4.69) is 15.4 Å². The summed E-state index contributed by atoms with van der Waals surface area (Å²) in [6, 6.07) is 4.50. The first-order valence-electron chi connectivity index (χ1n) is 7.69. The predicted molar refractivity (Wildman–Crippen MR) is 82.9 cm³/mol. The Kier molecular flexibility index (Phi) is 3.22. The maximum atomic E-state index is 12.7. The molecule has 2 saturated heterocycles. The van der Waals surface area contributed by atoms with Crippen molar-refractivity contribution in [1.82, 2.24) is 30.1 Å². The Bertz CT molecular complexity index is 847. The molecule has 0 saturated carbocycles. The van der Waals surface area contributed by atoms with E-state index in [1.54, 1.807) is 35.0 Å². The van der Waals surface area contributed by atoms with E-state index in [1.807, 2.05) is 0 Å². The van der Waals surface area contributed by atoms with Gasteiger partial charge in [0.2, 0.25) is 11.8 Å². The molecule has 3 amide bonds. The second-order valence-electron chi connectivity index (χ2n) is 6.08. The number of H-pyrrole nitrogens is 1. The van der Waals surface area contributed by atoms with E-state index in [1.165, 1.54) is 4.90 Å². The van der Waals surface area contributed by atoms with E-state index < -0.39 is 6.04 Å². The van der Waals surface area contributed by atoms with E-state index in [-0.39, 0.29) is 30.8 Å². The predicted octanol–water partition coefficient (Wildman–Crippen LogP) is -0.917. The highest BCUT2D eigenvalue weighted by Gasteiger charge is 2.42. The molecule has 2 aliphatic rings. The number of carbonyl (C=O) groups is 3. The van der Waals surface area contributed by atoms with Crippen molar-refractivity contribution in [3.8, 4) is 0 Å². The molecule has 0 aliphatic carbocycles. The van der Waals surface area contributed by atoms with Gasteiger partial charge >= 0.3 is 0 Å². The number of fused-ring (bicyclic) bond motifs is 2. The van der Waals surface area contributed by atoms with Crippen LogP contribution in [0.5, 0.6) is 0 Å². The molecule has 2 aromatic rings. The lowest BCUT2D eigenvalue weighted by atomic mass is 10.1. The molecular formula is C15H16N6O3. The van der Waals surface area contributed by atoms with Crippen LogP contribution in [0.1, 0.15) is 10.4 Å². The lowest BCUT2D eigenvalue weighted by molar-refractivity contribution is -0.157. The van der Waals surface area contributed by atoms with Crippen LogP contribution in [0.2, 0.25) is 0 Å². The molecule has 0 radical (unpaired) electrons. The van der Waals surface area contributed by atoms with Gasteiger partial charge in [-0.1, -0.05) is 0 Å². The Labute approximate surface area is 137 Å². The van der Waals surface area contributed by atoms with Crippen molar-refractivity contribution < 1.29 is 14.4 Å². The highest BCUT2D eigenvalue weighted by atomic mass is 16.2. The van der Waals surface area contributed by atoms with Crippen LogP contribution in [-0.2, 0) is 9.59 Å². The van der Waals surface area contributed by atoms with E-state index in [4.69, 9.17) is 0 Å². The first-order chi connectivity index (χ1) is 11.5. The van der Waals surface area contributed by atoms with Gasteiger partial charge in [0.15, 0.2) is 0 Å². The topological polar surface area (TPSA) is 102 Å². The van der Waals surface area contributed by atoms with Crippen molar-refractivity contribution in [3.63, 3.8) is 0 Å². The summed E-state index contributed by atoms with van der Waals surface area (Å²) in [6.07, 6.45) is 0. The standard InChI is InChI=1S/C15H16N6O3/c1-19-8-13(22)21-5-4-20(7-12(21)15(19)24)14(23)9-2-3-10-11(6-9)17-18-16-10/h2-3,6,12H,4-5,7-8H2,1H3,(H,16,17,18). The van der Waals surface area contributed by atoms with E-state index in [0.717, 1.165) is 0 Å². The second-order valence-corrected chi connectivity index (χ2v) is 6.08. The number of nitrogens with one attached hydrogen (secondary N) is 1. The summed E-state index contributed by atoms with van der Waals surface area (Å²) < 4.78 is 0. The average Bonchev–Trinajstić information content (AvgIpc) is 3.06. The number of aromatic amines is 1. The first kappa shape index (κ1) is 14.6. The van der Waals surface area contributed by atoms with Crippen molar-refractivity contribution in [2.45, 2.75) is 6.04 Å². The molecule has 1 atom stereocenters. The summed E-state index contributed by atoms with van der Waals surface area (Å²) in [7, 11) is 1.61. The Morgan fingerprint density at radius 2 is 2.00 bits per heavy atom. The summed E-state index contributed by atoms with van der Waals surface area (Å²) in [4.78, 5) is 41.7. The summed E-state index contributed by atoms with van der Waals surface area (Å²) in [5.41, 5.74) is 1.79. The van der Waals surface area contributed by atoms with Gasteiger partial charge in [0.1, 0.15) is 17.1 Å². The van der Waals surface area contributed by atoms with Gasteiger partial charge in [-0.25, -0.2) is 0 Å². The maximum Gasteiger partial charge on any atom is 0.254 e. The minimum atomic E-state index is -0.593. The number of carbonyl (C=O) groups excluding carboxylic acids is 3. The number of hydrogen-bond acceptors (Lipinski definition) is 5. The third-order valence-electron chi connectivity index (χ3n) is 4.58. The van der Waals surface area contributed by atoms with Crippen LogP contribution in [0.3, 0.4) is 0 Å². The third-order valence-corrected chi connectivity index (χ3v) is 4.58. The third kappa shape index (κ3) is 2.20. The molecule has 1 aromatic carbocycles. The lowest BCUT2D eigenvalue weighted by Gasteiger charge is -2.45. The van der Waals surface area contributed by atoms with Gasteiger partial charge in [-0.2, -0.15) is 15.4 Å². The fourth-order valence-corrected chi connectivity index (χ4v) is 3.26. The number of aromatic nitrogens is 3. The SMILES string of the molecule is CN1CC(=O)N2CCN(C(=O)c3ccc4n[nH]nc4c3)CC2C1=O. The van der Waals surface area contributed by atoms with Crippen LogP contribution in [-0.4, -0.2) is 87.1 Å². The zero-order chi connectivity index (χ0) is 16.8. The zero-order valence-corrected chi connectivity index (χ0v) is 13.1. The molecule has 2 aliphatic heterocycles. The second kappa shape index (κ2) is 5.29. The summed E-state index contributed by atoms with van der Waals surface area (Å²) >= 11 is 0. The summed E-state index contributed by atoms with van der Waals surface area (Å²) in [6.45, 7) is 1.10. The normalized spacial score (nSPS) is 21.4. The molecule has 124 valence electrons. The molecule has 3 heterocycles. The van der Waals surface area contributed by atoms with Crippen molar-refractivity contribution >= 4 is 28.8 Å². The summed E-state index contributed by atoms with van der Waals surface area (Å²) in [5.74, 6) is -0.370. The zero-order valence-electron chi connectivity index (χ0n) is 13.1. The van der Waals surface area contributed by atoms with Crippen molar-refractivity contribution in [3.05, 3.63) is 23.8 Å². The molecule has 9 heteroatoms. The van der Waals surface area contributed by atoms with Crippen LogP contribution in [0, 0.1) is 0 Å². The van der Waals surface area contributed by atoms with Gasteiger partial charge in [-0.15, -0.1) is 0 Å². The molecule has 1 unspecified atom stereocenters. The Hall–Kier alpha value is -2.97. The summed E-state index contributed by atoms with van der Waals surface area (Å²) in [5, 5.41) is 10.5. The van der Waals surface area contributed by atoms with Gasteiger partial charge in [-0.3, -0.25) is 14.4 Å². The number of benzene rings is 1. The molecule has 24 heavy (non-hydrogen) atoms. The Morgan fingerprint density at radius 3 is 2.83 bits per heavy atom. The highest BCUT2D eigenvalue weighted by molar-refractivity contribution is 5.99. The maximum absolute atomic E-state index is 12.7. The quantitative estimate of drug-likeness (QED) is 0.729. The van der Waals surface area contributed by atoms with Crippen LogP contribution in [0.15, 0.2) is 18.2 Å². The first-order valence-corrected chi connectivity index (χ1v) is 7.69. The van der Waals surface area contributed by atoms with E-state index in [9.17, 15) is 14.4 Å². The number of amides is 3. The molecule has 1 aromatic heterocycles. The van der Waals surface area contributed by atoms with Crippen LogP contribution >= 0.6 is 0 Å². The van der Waals surface area contributed by atoms with Crippen molar-refractivity contribution in [2.75, 3.05) is 33.2 Å². The molecule has 9 nitrogen and oxygen atoms in total. The molecular weight excluding hydrogens is 312 g/mol. The highest BCUT2D eigenvalue weighted by Crippen LogP contribution is 2.20. The molecule has 0 spiro atoms. The minimum absolute atomic E-state index is 0.0711. The van der Waals surface area contributed by atoms with Gasteiger partial charge < -0.3 is 14.7 Å². The molecule has 0 bridgehead atoms. The smallest absolute Gasteiger partial charge is 0.254 e. The van der Waals surface area contributed by atoms with Crippen molar-refractivity contribution in [2.24, 2.45) is 0 Å². The Balaban J connectivity index is 1.57. The minimum Gasteiger partial charge on any atom is -0.335 e. The van der Waals surface area contributed by atoms with Crippen molar-refractivity contribution in [1.29, 1.82) is 0 Å². The van der Waals surface area contributed by atoms with E-state index in [0.29, 0.717) is 29.7 Å². The van der Waals surface area contributed by atoms with Crippen LogP contribution in [0.25, 0.3) is 11.0 Å². The fourth-order valence-electron chi connectivity index (χ4n) is 3.26. The fraction of sp³-hybridized carbons (Fsp3) is 0.400. The number of piperazine rings is 2. The number of nitrogens with zero attached hydrogens (tertiary/aromatic N) is 5. The van der Waals surface area contributed by atoms with Crippen LogP contribution < -0.4 is 0 Å². The van der Waals surface area contributed by atoms with Gasteiger partial charge in [-0.05, 0) is 18.2 Å². The van der Waals surface area contributed by atoms with Gasteiger partial charge in [0.25, 0.3) is 5.91 Å².